The molecule has 2 aliphatic rings. The van der Waals surface area contributed by atoms with Gasteiger partial charge in [0.15, 0.2) is 5.82 Å². The Bertz CT molecular complexity index is 1980. The molecule has 1 amide bonds. The molecule has 2 aromatic carbocycles. The summed E-state index contributed by atoms with van der Waals surface area (Å²) in [6.07, 6.45) is 4.57. The van der Waals surface area contributed by atoms with Gasteiger partial charge in [0.1, 0.15) is 10.5 Å². The van der Waals surface area contributed by atoms with Crippen LogP contribution in [0.5, 0.6) is 5.88 Å². The van der Waals surface area contributed by atoms with E-state index in [9.17, 15) is 9.90 Å². The van der Waals surface area contributed by atoms with Gasteiger partial charge in [0.05, 0.1) is 45.9 Å². The molecule has 49 heavy (non-hydrogen) atoms. The standard InChI is InChI=1S/C36H37Cl2N7O3S/c1-48-36-21(18-39-19-22-9-11-30(47)41-22)8-10-27(43-36)26-6-2-4-24(32(26)37)25-5-3-7-28(33(25)38)42-35-34-29(12-15-40-35)49-31(44-34)20-45-16-13-23(46)14-17-45/h2-8,10,12,15,22-23,39,46H,9,11,13-14,16-20H2,1H3,(H,40,42)(H,41,47)/t22-/m0/s1. The number of amides is 1. The Morgan fingerprint density at radius 1 is 1.00 bits per heavy atom. The fourth-order valence-electron chi connectivity index (χ4n) is 6.37. The highest BCUT2D eigenvalue weighted by Gasteiger charge is 2.22. The zero-order valence-corrected chi connectivity index (χ0v) is 29.3. The number of aliphatic hydroxyl groups excluding tert-OH is 1. The quantitative estimate of drug-likeness (QED) is 0.117. The lowest BCUT2D eigenvalue weighted by atomic mass is 10.00. The SMILES string of the molecule is COc1nc(-c2cccc(-c3cccc(Nc4nccc5sc(CN6CCC(O)CC6)nc45)c3Cl)c2Cl)ccc1CNC[C@@H]1CCC(=O)N1. The van der Waals surface area contributed by atoms with Crippen LogP contribution in [0.3, 0.4) is 0 Å². The number of methoxy groups -OCH3 is 1. The summed E-state index contributed by atoms with van der Waals surface area (Å²) in [6.45, 7) is 3.71. The molecule has 0 bridgehead atoms. The highest BCUT2D eigenvalue weighted by Crippen LogP contribution is 2.42. The van der Waals surface area contributed by atoms with E-state index in [1.165, 1.54) is 0 Å². The Hall–Kier alpha value is -3.84. The number of benzene rings is 2. The summed E-state index contributed by atoms with van der Waals surface area (Å²) >= 11 is 15.8. The topological polar surface area (TPSA) is 125 Å². The van der Waals surface area contributed by atoms with Crippen LogP contribution in [0.4, 0.5) is 11.5 Å². The summed E-state index contributed by atoms with van der Waals surface area (Å²) in [5.41, 5.74) is 5.36. The maximum Gasteiger partial charge on any atom is 0.220 e. The highest BCUT2D eigenvalue weighted by molar-refractivity contribution is 7.18. The van der Waals surface area contributed by atoms with E-state index in [4.69, 9.17) is 37.9 Å². The number of piperidine rings is 1. The van der Waals surface area contributed by atoms with Gasteiger partial charge >= 0.3 is 0 Å². The largest absolute Gasteiger partial charge is 0.481 e. The molecule has 4 N–H and O–H groups in total. The van der Waals surface area contributed by atoms with Crippen LogP contribution in [0.2, 0.25) is 10.0 Å². The minimum absolute atomic E-state index is 0.102. The van der Waals surface area contributed by atoms with Crippen LogP contribution < -0.4 is 20.7 Å². The molecule has 0 saturated carbocycles. The van der Waals surface area contributed by atoms with Crippen molar-refractivity contribution >= 4 is 62.2 Å². The number of halogens is 2. The third kappa shape index (κ3) is 7.52. The van der Waals surface area contributed by atoms with Crippen molar-refractivity contribution in [2.75, 3.05) is 32.1 Å². The molecule has 0 spiro atoms. The van der Waals surface area contributed by atoms with Crippen molar-refractivity contribution in [3.8, 4) is 28.3 Å². The summed E-state index contributed by atoms with van der Waals surface area (Å²) in [5.74, 6) is 1.24. The number of pyridine rings is 2. The maximum absolute atomic E-state index is 11.5. The molecule has 2 saturated heterocycles. The molecule has 13 heteroatoms. The number of rotatable bonds is 11. The number of nitrogens with one attached hydrogen (secondary N) is 3. The number of carbonyl (C=O) groups excluding carboxylic acids is 1. The van der Waals surface area contributed by atoms with Crippen LogP contribution in [0.15, 0.2) is 60.8 Å². The van der Waals surface area contributed by atoms with E-state index < -0.39 is 0 Å². The van der Waals surface area contributed by atoms with Gasteiger partial charge in [-0.25, -0.2) is 15.0 Å². The predicted molar refractivity (Wildman–Crippen MR) is 196 cm³/mol. The van der Waals surface area contributed by atoms with Crippen molar-refractivity contribution in [1.29, 1.82) is 0 Å². The molecule has 254 valence electrons. The first-order valence-corrected chi connectivity index (χ1v) is 18.0. The lowest BCUT2D eigenvalue weighted by Gasteiger charge is -2.28. The number of likely N-dealkylation sites (tertiary alicyclic amines) is 1. The molecule has 2 aliphatic heterocycles. The third-order valence-electron chi connectivity index (χ3n) is 9.01. The van der Waals surface area contributed by atoms with Crippen LogP contribution >= 0.6 is 34.5 Å². The van der Waals surface area contributed by atoms with Crippen LogP contribution in [0.25, 0.3) is 32.6 Å². The molecule has 5 heterocycles. The van der Waals surface area contributed by atoms with Gasteiger partial charge in [-0.05, 0) is 37.5 Å². The number of aromatic nitrogens is 3. The number of hydrogen-bond acceptors (Lipinski definition) is 10. The van der Waals surface area contributed by atoms with Crippen LogP contribution in [0, 0.1) is 0 Å². The Kier molecular flexibility index (Phi) is 10.3. The molecular formula is C36H37Cl2N7O3S. The molecule has 0 radical (unpaired) electrons. The van der Waals surface area contributed by atoms with E-state index in [-0.39, 0.29) is 18.1 Å². The van der Waals surface area contributed by atoms with Crippen molar-refractivity contribution < 1.29 is 14.6 Å². The van der Waals surface area contributed by atoms with Gasteiger partial charge in [0.25, 0.3) is 0 Å². The molecule has 10 nitrogen and oxygen atoms in total. The molecule has 7 rings (SSSR count). The first-order valence-electron chi connectivity index (χ1n) is 16.4. The van der Waals surface area contributed by atoms with E-state index in [2.05, 4.69) is 25.8 Å². The van der Waals surface area contributed by atoms with Gasteiger partial charge in [0.2, 0.25) is 11.8 Å². The van der Waals surface area contributed by atoms with E-state index in [1.807, 2.05) is 54.6 Å². The number of carbonyl (C=O) groups is 1. The Labute approximate surface area is 298 Å². The fraction of sp³-hybridized carbons (Fsp3) is 0.333. The number of anilines is 2. The summed E-state index contributed by atoms with van der Waals surface area (Å²) in [7, 11) is 1.60. The number of aliphatic hydroxyl groups is 1. The summed E-state index contributed by atoms with van der Waals surface area (Å²) in [6, 6.07) is 17.6. The molecule has 2 fully saturated rings. The lowest BCUT2D eigenvalue weighted by molar-refractivity contribution is -0.119. The first-order chi connectivity index (χ1) is 23.9. The van der Waals surface area contributed by atoms with Crippen LogP contribution in [0.1, 0.15) is 36.3 Å². The summed E-state index contributed by atoms with van der Waals surface area (Å²) in [4.78, 5) is 28.2. The van der Waals surface area contributed by atoms with Gasteiger partial charge in [-0.1, -0.05) is 59.6 Å². The van der Waals surface area contributed by atoms with Crippen molar-refractivity contribution in [3.63, 3.8) is 0 Å². The van der Waals surface area contributed by atoms with Gasteiger partial charge < -0.3 is 25.8 Å². The lowest BCUT2D eigenvalue weighted by Crippen LogP contribution is -2.35. The second-order valence-corrected chi connectivity index (χ2v) is 14.3. The summed E-state index contributed by atoms with van der Waals surface area (Å²) < 4.78 is 6.69. The van der Waals surface area contributed by atoms with Gasteiger partial charge in [-0.15, -0.1) is 11.3 Å². The maximum atomic E-state index is 11.5. The van der Waals surface area contributed by atoms with E-state index in [1.54, 1.807) is 24.6 Å². The number of thiazole rings is 1. The molecule has 0 unspecified atom stereocenters. The van der Waals surface area contributed by atoms with Crippen LogP contribution in [-0.2, 0) is 17.9 Å². The molecule has 3 aromatic heterocycles. The van der Waals surface area contributed by atoms with Gasteiger partial charge in [-0.2, -0.15) is 0 Å². The van der Waals surface area contributed by atoms with E-state index in [0.717, 1.165) is 76.4 Å². The Balaban J connectivity index is 1.10. The molecule has 0 aliphatic carbocycles. The van der Waals surface area contributed by atoms with Crippen molar-refractivity contribution in [3.05, 3.63) is 81.4 Å². The zero-order chi connectivity index (χ0) is 33.9. The predicted octanol–water partition coefficient (Wildman–Crippen LogP) is 6.80. The Morgan fingerprint density at radius 3 is 2.55 bits per heavy atom. The molecule has 1 atom stereocenters. The molecular weight excluding hydrogens is 681 g/mol. The number of nitrogens with zero attached hydrogens (tertiary/aromatic N) is 4. The number of ether oxygens (including phenoxy) is 1. The Morgan fingerprint density at radius 2 is 1.78 bits per heavy atom. The van der Waals surface area contributed by atoms with E-state index in [0.29, 0.717) is 52.6 Å². The summed E-state index contributed by atoms with van der Waals surface area (Å²) in [5, 5.41) is 21.7. The van der Waals surface area contributed by atoms with Crippen LogP contribution in [-0.4, -0.2) is 69.8 Å². The highest BCUT2D eigenvalue weighted by atomic mass is 35.5. The van der Waals surface area contributed by atoms with Crippen molar-refractivity contribution in [2.24, 2.45) is 0 Å². The average Bonchev–Trinajstić information content (AvgIpc) is 3.73. The normalized spacial score (nSPS) is 17.1. The van der Waals surface area contributed by atoms with Crippen molar-refractivity contribution in [2.45, 2.75) is 50.9 Å². The monoisotopic (exact) mass is 717 g/mol. The second kappa shape index (κ2) is 15.0. The fourth-order valence-corrected chi connectivity index (χ4v) is 7.98. The van der Waals surface area contributed by atoms with Gasteiger partial charge in [-0.3, -0.25) is 9.69 Å². The van der Waals surface area contributed by atoms with Gasteiger partial charge in [0, 0.05) is 67.1 Å². The third-order valence-corrected chi connectivity index (χ3v) is 10.8. The van der Waals surface area contributed by atoms with E-state index >= 15 is 0 Å². The minimum Gasteiger partial charge on any atom is -0.481 e. The minimum atomic E-state index is -0.205. The number of fused-ring (bicyclic) bond motifs is 1. The van der Waals surface area contributed by atoms with Crippen molar-refractivity contribution in [1.82, 2.24) is 30.5 Å². The number of hydrogen-bond donors (Lipinski definition) is 4. The average molecular weight is 719 g/mol. The molecule has 5 aromatic rings. The zero-order valence-electron chi connectivity index (χ0n) is 27.0. The smallest absolute Gasteiger partial charge is 0.220 e. The second-order valence-electron chi connectivity index (χ2n) is 12.4. The first kappa shape index (κ1) is 33.6.